The van der Waals surface area contributed by atoms with Crippen LogP contribution in [0.2, 0.25) is 0 Å². The van der Waals surface area contributed by atoms with Crippen molar-refractivity contribution in [1.82, 2.24) is 15.5 Å². The second-order valence-corrected chi connectivity index (χ2v) is 9.29. The van der Waals surface area contributed by atoms with Crippen molar-refractivity contribution in [2.45, 2.75) is 40.2 Å². The summed E-state index contributed by atoms with van der Waals surface area (Å²) in [4.78, 5) is 7.16. The molecular formula is C17H36N4O3S. The van der Waals surface area contributed by atoms with Crippen LogP contribution in [0.1, 0.15) is 34.1 Å². The molecule has 1 atom stereocenters. The Labute approximate surface area is 153 Å². The molecule has 1 heterocycles. The monoisotopic (exact) mass is 376 g/mol. The van der Waals surface area contributed by atoms with E-state index < -0.39 is 9.84 Å². The SMILES string of the molecule is CCNC(=NCC(CC(C)C)N1CCOCC1)NCCS(=O)(=O)CC. The molecule has 0 saturated carbocycles. The van der Waals surface area contributed by atoms with Gasteiger partial charge >= 0.3 is 0 Å². The molecule has 1 saturated heterocycles. The first-order valence-electron chi connectivity index (χ1n) is 9.42. The molecule has 1 aliphatic heterocycles. The van der Waals surface area contributed by atoms with E-state index in [0.29, 0.717) is 31.0 Å². The van der Waals surface area contributed by atoms with E-state index in [1.165, 1.54) is 0 Å². The van der Waals surface area contributed by atoms with Gasteiger partial charge in [-0.05, 0) is 19.3 Å². The molecule has 0 aromatic heterocycles. The lowest BCUT2D eigenvalue weighted by Crippen LogP contribution is -2.46. The summed E-state index contributed by atoms with van der Waals surface area (Å²) in [6.45, 7) is 13.4. The molecule has 1 unspecified atom stereocenters. The van der Waals surface area contributed by atoms with Gasteiger partial charge in [-0.15, -0.1) is 0 Å². The summed E-state index contributed by atoms with van der Waals surface area (Å²) >= 11 is 0. The van der Waals surface area contributed by atoms with Gasteiger partial charge in [0.05, 0.1) is 25.5 Å². The number of morpholine rings is 1. The Morgan fingerprint density at radius 2 is 1.88 bits per heavy atom. The highest BCUT2D eigenvalue weighted by Gasteiger charge is 2.21. The first kappa shape index (κ1) is 22.2. The molecule has 0 aliphatic carbocycles. The predicted octanol–water partition coefficient (Wildman–Crippen LogP) is 0.723. The maximum Gasteiger partial charge on any atom is 0.191 e. The van der Waals surface area contributed by atoms with Crippen LogP contribution in [0.15, 0.2) is 4.99 Å². The molecule has 1 fully saturated rings. The summed E-state index contributed by atoms with van der Waals surface area (Å²) in [6, 6.07) is 0.388. The van der Waals surface area contributed by atoms with E-state index in [9.17, 15) is 8.42 Å². The van der Waals surface area contributed by atoms with E-state index in [0.717, 1.165) is 39.3 Å². The third-order valence-corrected chi connectivity index (χ3v) is 5.96. The van der Waals surface area contributed by atoms with Crippen molar-refractivity contribution in [3.8, 4) is 0 Å². The number of aliphatic imine (C=N–C) groups is 1. The van der Waals surface area contributed by atoms with E-state index in [1.54, 1.807) is 6.92 Å². The van der Waals surface area contributed by atoms with Crippen LogP contribution >= 0.6 is 0 Å². The second-order valence-electron chi connectivity index (χ2n) is 6.81. The lowest BCUT2D eigenvalue weighted by molar-refractivity contribution is 0.0143. The van der Waals surface area contributed by atoms with Crippen molar-refractivity contribution in [3.63, 3.8) is 0 Å². The number of hydrogen-bond acceptors (Lipinski definition) is 5. The summed E-state index contributed by atoms with van der Waals surface area (Å²) in [5.74, 6) is 1.60. The van der Waals surface area contributed by atoms with Gasteiger partial charge in [0, 0.05) is 38.0 Å². The van der Waals surface area contributed by atoms with Crippen LogP contribution in [0.4, 0.5) is 0 Å². The van der Waals surface area contributed by atoms with Crippen molar-refractivity contribution in [3.05, 3.63) is 0 Å². The van der Waals surface area contributed by atoms with Gasteiger partial charge in [0.2, 0.25) is 0 Å². The summed E-state index contributed by atoms with van der Waals surface area (Å²) < 4.78 is 28.7. The highest BCUT2D eigenvalue weighted by molar-refractivity contribution is 7.91. The first-order valence-corrected chi connectivity index (χ1v) is 11.2. The number of guanidine groups is 1. The third-order valence-electron chi connectivity index (χ3n) is 4.26. The Bertz CT molecular complexity index is 488. The smallest absolute Gasteiger partial charge is 0.191 e. The normalized spacial score (nSPS) is 18.4. The number of nitrogens with one attached hydrogen (secondary N) is 2. The molecule has 25 heavy (non-hydrogen) atoms. The highest BCUT2D eigenvalue weighted by atomic mass is 32.2. The van der Waals surface area contributed by atoms with Crippen molar-refractivity contribution < 1.29 is 13.2 Å². The molecule has 0 spiro atoms. The van der Waals surface area contributed by atoms with Gasteiger partial charge in [0.25, 0.3) is 0 Å². The Morgan fingerprint density at radius 1 is 1.20 bits per heavy atom. The van der Waals surface area contributed by atoms with E-state index in [2.05, 4.69) is 29.4 Å². The van der Waals surface area contributed by atoms with Gasteiger partial charge < -0.3 is 15.4 Å². The second kappa shape index (κ2) is 11.7. The third kappa shape index (κ3) is 9.42. The largest absolute Gasteiger partial charge is 0.379 e. The lowest BCUT2D eigenvalue weighted by atomic mass is 10.0. The molecule has 148 valence electrons. The molecule has 7 nitrogen and oxygen atoms in total. The summed E-state index contributed by atoms with van der Waals surface area (Å²) in [5.41, 5.74) is 0. The minimum absolute atomic E-state index is 0.132. The maximum absolute atomic E-state index is 11.6. The summed E-state index contributed by atoms with van der Waals surface area (Å²) in [7, 11) is -2.96. The topological polar surface area (TPSA) is 83.0 Å². The van der Waals surface area contributed by atoms with Crippen molar-refractivity contribution in [2.24, 2.45) is 10.9 Å². The molecule has 2 N–H and O–H groups in total. The average molecular weight is 377 g/mol. The van der Waals surface area contributed by atoms with Crippen LogP contribution < -0.4 is 10.6 Å². The van der Waals surface area contributed by atoms with Gasteiger partial charge in [-0.1, -0.05) is 20.8 Å². The van der Waals surface area contributed by atoms with E-state index in [-0.39, 0.29) is 11.5 Å². The standard InChI is InChI=1S/C17H36N4O3S/c1-5-18-17(19-7-12-25(22,23)6-2)20-14-16(13-15(3)4)21-8-10-24-11-9-21/h15-16H,5-14H2,1-4H3,(H2,18,19,20). The minimum atomic E-state index is -2.96. The van der Waals surface area contributed by atoms with Gasteiger partial charge in [-0.2, -0.15) is 0 Å². The molecule has 0 radical (unpaired) electrons. The zero-order valence-electron chi connectivity index (χ0n) is 16.3. The van der Waals surface area contributed by atoms with Crippen molar-refractivity contribution >= 4 is 15.8 Å². The molecule has 8 heteroatoms. The molecule has 0 aromatic rings. The molecular weight excluding hydrogens is 340 g/mol. The van der Waals surface area contributed by atoms with E-state index >= 15 is 0 Å². The molecule has 1 rings (SSSR count). The fourth-order valence-electron chi connectivity index (χ4n) is 2.83. The summed E-state index contributed by atoms with van der Waals surface area (Å²) in [6.07, 6.45) is 1.09. The number of sulfone groups is 1. The Kier molecular flexibility index (Phi) is 10.4. The molecule has 0 amide bonds. The van der Waals surface area contributed by atoms with Crippen molar-refractivity contribution in [2.75, 3.05) is 57.4 Å². The zero-order chi connectivity index (χ0) is 18.7. The molecule has 1 aliphatic rings. The fourth-order valence-corrected chi connectivity index (χ4v) is 3.54. The van der Waals surface area contributed by atoms with Crippen LogP contribution in [-0.4, -0.2) is 82.8 Å². The molecule has 0 aromatic carbocycles. The van der Waals surface area contributed by atoms with Crippen LogP contribution in [0.5, 0.6) is 0 Å². The van der Waals surface area contributed by atoms with Gasteiger partial charge in [0.1, 0.15) is 0 Å². The van der Waals surface area contributed by atoms with Gasteiger partial charge in [-0.25, -0.2) is 8.42 Å². The Hall–Kier alpha value is -0.860. The predicted molar refractivity (Wildman–Crippen MR) is 104 cm³/mol. The van der Waals surface area contributed by atoms with E-state index in [4.69, 9.17) is 9.73 Å². The Balaban J connectivity index is 2.63. The number of rotatable bonds is 10. The zero-order valence-corrected chi connectivity index (χ0v) is 17.1. The van der Waals surface area contributed by atoms with Crippen LogP contribution in [0.3, 0.4) is 0 Å². The van der Waals surface area contributed by atoms with Crippen LogP contribution in [0, 0.1) is 5.92 Å². The van der Waals surface area contributed by atoms with Crippen LogP contribution in [-0.2, 0) is 14.6 Å². The average Bonchev–Trinajstić information content (AvgIpc) is 2.58. The molecule has 0 bridgehead atoms. The van der Waals surface area contributed by atoms with E-state index in [1.807, 2.05) is 6.92 Å². The number of nitrogens with zero attached hydrogens (tertiary/aromatic N) is 2. The number of hydrogen-bond donors (Lipinski definition) is 2. The summed E-state index contributed by atoms with van der Waals surface area (Å²) in [5, 5.41) is 6.34. The van der Waals surface area contributed by atoms with Gasteiger partial charge in [-0.3, -0.25) is 9.89 Å². The number of ether oxygens (including phenoxy) is 1. The minimum Gasteiger partial charge on any atom is -0.379 e. The first-order chi connectivity index (χ1) is 11.9. The lowest BCUT2D eigenvalue weighted by Gasteiger charge is -2.34. The highest BCUT2D eigenvalue weighted by Crippen LogP contribution is 2.14. The quantitative estimate of drug-likeness (QED) is 0.432. The maximum atomic E-state index is 11.6. The van der Waals surface area contributed by atoms with Crippen molar-refractivity contribution in [1.29, 1.82) is 0 Å². The Morgan fingerprint density at radius 3 is 2.44 bits per heavy atom. The van der Waals surface area contributed by atoms with Gasteiger partial charge in [0.15, 0.2) is 15.8 Å². The fraction of sp³-hybridized carbons (Fsp3) is 0.941. The van der Waals surface area contributed by atoms with Crippen LogP contribution in [0.25, 0.3) is 0 Å².